The van der Waals surface area contributed by atoms with Gasteiger partial charge in [-0.2, -0.15) is 0 Å². The van der Waals surface area contributed by atoms with Crippen LogP contribution in [-0.2, 0) is 4.74 Å². The van der Waals surface area contributed by atoms with Crippen molar-refractivity contribution >= 4 is 0 Å². The highest BCUT2D eigenvalue weighted by atomic mass is 16.5. The molecule has 1 unspecified atom stereocenters. The maximum absolute atomic E-state index is 5.78. The Morgan fingerprint density at radius 2 is 2.17 bits per heavy atom. The van der Waals surface area contributed by atoms with Crippen molar-refractivity contribution < 1.29 is 4.74 Å². The predicted molar refractivity (Wildman–Crippen MR) is 75.8 cm³/mol. The van der Waals surface area contributed by atoms with Gasteiger partial charge in [-0.1, -0.05) is 13.8 Å². The molecular formula is C15H30N2O. The Kier molecular flexibility index (Phi) is 5.05. The Labute approximate surface area is 112 Å². The SMILES string of the molecule is CNCC1(CN(CC(C)C)C2CC2)CCCOC1. The van der Waals surface area contributed by atoms with Gasteiger partial charge in [-0.05, 0) is 38.6 Å². The smallest absolute Gasteiger partial charge is 0.0546 e. The van der Waals surface area contributed by atoms with E-state index in [2.05, 4.69) is 31.1 Å². The first-order valence-corrected chi connectivity index (χ1v) is 7.62. The lowest BCUT2D eigenvalue weighted by atomic mass is 9.81. The molecule has 0 aromatic heterocycles. The van der Waals surface area contributed by atoms with Gasteiger partial charge in [0.1, 0.15) is 0 Å². The van der Waals surface area contributed by atoms with E-state index in [4.69, 9.17) is 4.74 Å². The van der Waals surface area contributed by atoms with E-state index in [0.29, 0.717) is 5.41 Å². The van der Waals surface area contributed by atoms with Crippen molar-refractivity contribution in [3.8, 4) is 0 Å². The van der Waals surface area contributed by atoms with E-state index in [0.717, 1.165) is 31.7 Å². The molecule has 106 valence electrons. The van der Waals surface area contributed by atoms with Gasteiger partial charge in [0.2, 0.25) is 0 Å². The minimum absolute atomic E-state index is 0.352. The third-order valence-electron chi connectivity index (χ3n) is 4.16. The highest BCUT2D eigenvalue weighted by Gasteiger charge is 2.38. The molecule has 2 aliphatic rings. The lowest BCUT2D eigenvalue weighted by Gasteiger charge is -2.41. The Hall–Kier alpha value is -0.120. The van der Waals surface area contributed by atoms with Gasteiger partial charge in [0.05, 0.1) is 6.61 Å². The molecule has 1 saturated carbocycles. The minimum atomic E-state index is 0.352. The van der Waals surface area contributed by atoms with Crippen molar-refractivity contribution in [3.63, 3.8) is 0 Å². The van der Waals surface area contributed by atoms with E-state index in [9.17, 15) is 0 Å². The Bertz CT molecular complexity index is 239. The summed E-state index contributed by atoms with van der Waals surface area (Å²) in [6.07, 6.45) is 5.35. The van der Waals surface area contributed by atoms with Crippen molar-refractivity contribution in [3.05, 3.63) is 0 Å². The topological polar surface area (TPSA) is 24.5 Å². The molecule has 1 aliphatic heterocycles. The molecule has 0 radical (unpaired) electrons. The molecular weight excluding hydrogens is 224 g/mol. The van der Waals surface area contributed by atoms with Crippen LogP contribution in [0.5, 0.6) is 0 Å². The van der Waals surface area contributed by atoms with Crippen molar-refractivity contribution in [1.82, 2.24) is 10.2 Å². The second-order valence-electron chi connectivity index (χ2n) is 6.74. The molecule has 0 amide bonds. The number of hydrogen-bond donors (Lipinski definition) is 1. The van der Waals surface area contributed by atoms with E-state index in [1.807, 2.05) is 0 Å². The third kappa shape index (κ3) is 3.94. The monoisotopic (exact) mass is 254 g/mol. The van der Waals surface area contributed by atoms with Gasteiger partial charge in [-0.15, -0.1) is 0 Å². The van der Waals surface area contributed by atoms with Gasteiger partial charge in [-0.3, -0.25) is 4.90 Å². The molecule has 3 nitrogen and oxygen atoms in total. The lowest BCUT2D eigenvalue weighted by molar-refractivity contribution is -0.0282. The van der Waals surface area contributed by atoms with E-state index in [1.54, 1.807) is 0 Å². The molecule has 1 atom stereocenters. The van der Waals surface area contributed by atoms with Crippen LogP contribution in [0.3, 0.4) is 0 Å². The molecule has 2 fully saturated rings. The zero-order valence-corrected chi connectivity index (χ0v) is 12.4. The van der Waals surface area contributed by atoms with Crippen LogP contribution >= 0.6 is 0 Å². The van der Waals surface area contributed by atoms with Crippen molar-refractivity contribution in [1.29, 1.82) is 0 Å². The first-order chi connectivity index (χ1) is 8.65. The number of hydrogen-bond acceptors (Lipinski definition) is 3. The summed E-state index contributed by atoms with van der Waals surface area (Å²) in [5.41, 5.74) is 0.352. The zero-order chi connectivity index (χ0) is 13.0. The number of nitrogens with one attached hydrogen (secondary N) is 1. The highest BCUT2D eigenvalue weighted by molar-refractivity contribution is 4.92. The molecule has 2 rings (SSSR count). The summed E-state index contributed by atoms with van der Waals surface area (Å²) in [4.78, 5) is 2.73. The Morgan fingerprint density at radius 3 is 2.67 bits per heavy atom. The van der Waals surface area contributed by atoms with Gasteiger partial charge >= 0.3 is 0 Å². The molecule has 0 aromatic rings. The molecule has 0 bridgehead atoms. The van der Waals surface area contributed by atoms with Crippen LogP contribution in [0.25, 0.3) is 0 Å². The van der Waals surface area contributed by atoms with E-state index >= 15 is 0 Å². The molecule has 1 N–H and O–H groups in total. The van der Waals surface area contributed by atoms with Crippen LogP contribution in [0.2, 0.25) is 0 Å². The van der Waals surface area contributed by atoms with Crippen molar-refractivity contribution in [2.75, 3.05) is 39.9 Å². The van der Waals surface area contributed by atoms with Gasteiger partial charge in [-0.25, -0.2) is 0 Å². The first-order valence-electron chi connectivity index (χ1n) is 7.62. The number of ether oxygens (including phenoxy) is 1. The van der Waals surface area contributed by atoms with E-state index in [1.165, 1.54) is 38.8 Å². The first kappa shape index (κ1) is 14.3. The zero-order valence-electron chi connectivity index (χ0n) is 12.4. The molecule has 0 spiro atoms. The van der Waals surface area contributed by atoms with Gasteiger partial charge in [0.15, 0.2) is 0 Å². The second kappa shape index (κ2) is 6.36. The maximum Gasteiger partial charge on any atom is 0.0546 e. The van der Waals surface area contributed by atoms with Gasteiger partial charge < -0.3 is 10.1 Å². The fourth-order valence-corrected chi connectivity index (χ4v) is 3.29. The summed E-state index contributed by atoms with van der Waals surface area (Å²) in [6, 6.07) is 0.864. The predicted octanol–water partition coefficient (Wildman–Crippen LogP) is 2.12. The van der Waals surface area contributed by atoms with Crippen LogP contribution in [-0.4, -0.2) is 50.8 Å². The van der Waals surface area contributed by atoms with Crippen LogP contribution in [0.4, 0.5) is 0 Å². The van der Waals surface area contributed by atoms with Crippen LogP contribution < -0.4 is 5.32 Å². The summed E-state index contributed by atoms with van der Waals surface area (Å²) in [5.74, 6) is 0.766. The third-order valence-corrected chi connectivity index (χ3v) is 4.16. The molecule has 0 aromatic carbocycles. The molecule has 3 heteroatoms. The van der Waals surface area contributed by atoms with E-state index < -0.39 is 0 Å². The quantitative estimate of drug-likeness (QED) is 0.753. The molecule has 18 heavy (non-hydrogen) atoms. The number of nitrogens with zero attached hydrogens (tertiary/aromatic N) is 1. The largest absolute Gasteiger partial charge is 0.381 e. The molecule has 1 aliphatic carbocycles. The van der Waals surface area contributed by atoms with Crippen LogP contribution in [0.1, 0.15) is 39.5 Å². The fourth-order valence-electron chi connectivity index (χ4n) is 3.29. The fraction of sp³-hybridized carbons (Fsp3) is 1.00. The summed E-state index contributed by atoms with van der Waals surface area (Å²) >= 11 is 0. The standard InChI is InChI=1S/C15H30N2O/c1-13(2)9-17(14-5-6-14)11-15(10-16-3)7-4-8-18-12-15/h13-14,16H,4-12H2,1-3H3. The van der Waals surface area contributed by atoms with Crippen LogP contribution in [0.15, 0.2) is 0 Å². The van der Waals surface area contributed by atoms with E-state index in [-0.39, 0.29) is 0 Å². The average Bonchev–Trinajstić information content (AvgIpc) is 3.13. The lowest BCUT2D eigenvalue weighted by Crippen LogP contribution is -2.49. The second-order valence-corrected chi connectivity index (χ2v) is 6.74. The Morgan fingerprint density at radius 1 is 1.39 bits per heavy atom. The molecule has 1 heterocycles. The number of rotatable bonds is 7. The summed E-state index contributed by atoms with van der Waals surface area (Å²) in [5, 5.41) is 3.39. The summed E-state index contributed by atoms with van der Waals surface area (Å²) in [6.45, 7) is 10.1. The minimum Gasteiger partial charge on any atom is -0.381 e. The van der Waals surface area contributed by atoms with Crippen molar-refractivity contribution in [2.24, 2.45) is 11.3 Å². The highest BCUT2D eigenvalue weighted by Crippen LogP contribution is 2.34. The molecule has 1 saturated heterocycles. The van der Waals surface area contributed by atoms with Crippen LogP contribution in [0, 0.1) is 11.3 Å². The van der Waals surface area contributed by atoms with Gasteiger partial charge in [0.25, 0.3) is 0 Å². The Balaban J connectivity index is 1.96. The normalized spacial score (nSPS) is 29.2. The van der Waals surface area contributed by atoms with Gasteiger partial charge in [0, 0.05) is 37.7 Å². The summed E-state index contributed by atoms with van der Waals surface area (Å²) in [7, 11) is 2.07. The van der Waals surface area contributed by atoms with Crippen molar-refractivity contribution in [2.45, 2.75) is 45.6 Å². The average molecular weight is 254 g/mol. The summed E-state index contributed by atoms with van der Waals surface area (Å²) < 4.78 is 5.78. The maximum atomic E-state index is 5.78.